The molecule has 16 heavy (non-hydrogen) atoms. The van der Waals surface area contributed by atoms with Crippen molar-refractivity contribution in [3.05, 3.63) is 34.3 Å². The van der Waals surface area contributed by atoms with Crippen LogP contribution < -0.4 is 5.32 Å². The van der Waals surface area contributed by atoms with Crippen LogP contribution in [0.15, 0.2) is 22.9 Å². The Balaban J connectivity index is 2.14. The van der Waals surface area contributed by atoms with Crippen LogP contribution in [0.4, 0.5) is 5.13 Å². The summed E-state index contributed by atoms with van der Waals surface area (Å²) in [6.07, 6.45) is 1.56. The van der Waals surface area contributed by atoms with Gasteiger partial charge in [0, 0.05) is 23.3 Å². The third kappa shape index (κ3) is 2.61. The van der Waals surface area contributed by atoms with Crippen molar-refractivity contribution in [3.8, 4) is 0 Å². The molecular formula is C9H7BrN4OS. The highest BCUT2D eigenvalue weighted by molar-refractivity contribution is 9.10. The molecule has 0 aliphatic heterocycles. The summed E-state index contributed by atoms with van der Waals surface area (Å²) in [5.74, 6) is 0.426. The fraction of sp³-hybridized carbons (Fsp3) is 0.111. The highest BCUT2D eigenvalue weighted by atomic mass is 79.9. The van der Waals surface area contributed by atoms with Crippen LogP contribution in [0.5, 0.6) is 0 Å². The molecule has 0 atom stereocenters. The number of carbonyl (C=O) groups is 1. The van der Waals surface area contributed by atoms with Crippen LogP contribution in [-0.2, 0) is 0 Å². The standard InChI is InChI=1S/C9H7BrN4OS/c1-5-12-9(16-14-5)13-8(15)6-2-3-11-7(10)4-6/h2-4H,1H3,(H,12,13,14,15). The molecule has 7 heteroatoms. The second-order valence-electron chi connectivity index (χ2n) is 2.97. The Hall–Kier alpha value is -1.34. The van der Waals surface area contributed by atoms with Gasteiger partial charge >= 0.3 is 0 Å². The van der Waals surface area contributed by atoms with Crippen molar-refractivity contribution in [3.63, 3.8) is 0 Å². The van der Waals surface area contributed by atoms with Gasteiger partial charge in [-0.3, -0.25) is 10.1 Å². The van der Waals surface area contributed by atoms with Crippen molar-refractivity contribution in [1.82, 2.24) is 14.3 Å². The largest absolute Gasteiger partial charge is 0.297 e. The van der Waals surface area contributed by atoms with Gasteiger partial charge in [0.1, 0.15) is 10.4 Å². The van der Waals surface area contributed by atoms with E-state index in [4.69, 9.17) is 0 Å². The lowest BCUT2D eigenvalue weighted by molar-refractivity contribution is 0.102. The van der Waals surface area contributed by atoms with E-state index in [-0.39, 0.29) is 5.91 Å². The zero-order valence-corrected chi connectivity index (χ0v) is 10.7. The third-order valence-electron chi connectivity index (χ3n) is 1.74. The van der Waals surface area contributed by atoms with Crippen LogP contribution in [0, 0.1) is 6.92 Å². The van der Waals surface area contributed by atoms with Crippen molar-refractivity contribution >= 4 is 38.5 Å². The molecule has 5 nitrogen and oxygen atoms in total. The van der Waals surface area contributed by atoms with Crippen molar-refractivity contribution in [2.75, 3.05) is 5.32 Å². The van der Waals surface area contributed by atoms with Crippen LogP contribution in [0.2, 0.25) is 0 Å². The van der Waals surface area contributed by atoms with Crippen molar-refractivity contribution < 1.29 is 4.79 Å². The summed E-state index contributed by atoms with van der Waals surface area (Å²) in [6, 6.07) is 3.28. The van der Waals surface area contributed by atoms with Crippen molar-refractivity contribution in [2.24, 2.45) is 0 Å². The first kappa shape index (κ1) is 11.2. The summed E-state index contributed by atoms with van der Waals surface area (Å²) < 4.78 is 4.59. The lowest BCUT2D eigenvalue weighted by Crippen LogP contribution is -2.11. The number of hydrogen-bond donors (Lipinski definition) is 1. The molecule has 1 amide bonds. The molecular weight excluding hydrogens is 292 g/mol. The van der Waals surface area contributed by atoms with Gasteiger partial charge in [0.15, 0.2) is 0 Å². The summed E-state index contributed by atoms with van der Waals surface area (Å²) in [4.78, 5) is 19.7. The van der Waals surface area contributed by atoms with E-state index in [1.807, 2.05) is 0 Å². The Morgan fingerprint density at radius 3 is 3.00 bits per heavy atom. The molecule has 0 radical (unpaired) electrons. The Kier molecular flexibility index (Phi) is 3.25. The number of anilines is 1. The molecule has 0 aliphatic rings. The van der Waals surface area contributed by atoms with E-state index in [1.165, 1.54) is 0 Å². The molecule has 2 aromatic rings. The second-order valence-corrected chi connectivity index (χ2v) is 4.53. The van der Waals surface area contributed by atoms with E-state index in [1.54, 1.807) is 25.3 Å². The van der Waals surface area contributed by atoms with E-state index in [0.29, 0.717) is 21.1 Å². The summed E-state index contributed by atoms with van der Waals surface area (Å²) in [5, 5.41) is 3.16. The van der Waals surface area contributed by atoms with Crippen molar-refractivity contribution in [1.29, 1.82) is 0 Å². The number of aromatic nitrogens is 3. The number of rotatable bonds is 2. The van der Waals surface area contributed by atoms with E-state index in [9.17, 15) is 4.79 Å². The van der Waals surface area contributed by atoms with Gasteiger partial charge in [0.05, 0.1) is 0 Å². The maximum absolute atomic E-state index is 11.8. The molecule has 0 aromatic carbocycles. The number of aryl methyl sites for hydroxylation is 1. The summed E-state index contributed by atoms with van der Waals surface area (Å²) >= 11 is 4.36. The Labute approximate surface area is 104 Å². The average Bonchev–Trinajstić information content (AvgIpc) is 2.64. The van der Waals surface area contributed by atoms with Gasteiger partial charge in [-0.05, 0) is 35.0 Å². The first-order chi connectivity index (χ1) is 7.65. The van der Waals surface area contributed by atoms with Gasteiger partial charge in [-0.1, -0.05) is 0 Å². The van der Waals surface area contributed by atoms with Gasteiger partial charge in [0.2, 0.25) is 5.13 Å². The molecule has 2 aromatic heterocycles. The quantitative estimate of drug-likeness (QED) is 0.864. The predicted octanol–water partition coefficient (Wildman–Crippen LogP) is 2.26. The molecule has 0 unspecified atom stereocenters. The van der Waals surface area contributed by atoms with E-state index in [2.05, 4.69) is 35.6 Å². The normalized spacial score (nSPS) is 10.1. The van der Waals surface area contributed by atoms with Gasteiger partial charge in [-0.2, -0.15) is 4.37 Å². The molecule has 2 heterocycles. The Morgan fingerprint density at radius 1 is 1.56 bits per heavy atom. The fourth-order valence-electron chi connectivity index (χ4n) is 1.06. The van der Waals surface area contributed by atoms with Gasteiger partial charge in [0.25, 0.3) is 5.91 Å². The highest BCUT2D eigenvalue weighted by Crippen LogP contribution is 2.13. The first-order valence-corrected chi connectivity index (χ1v) is 5.95. The minimum atomic E-state index is -0.223. The van der Waals surface area contributed by atoms with Crippen LogP contribution in [-0.4, -0.2) is 20.2 Å². The molecule has 0 aliphatic carbocycles. The Morgan fingerprint density at radius 2 is 2.38 bits per heavy atom. The molecule has 0 spiro atoms. The molecule has 0 fully saturated rings. The average molecular weight is 299 g/mol. The lowest BCUT2D eigenvalue weighted by Gasteiger charge is -2.00. The molecule has 2 rings (SSSR count). The predicted molar refractivity (Wildman–Crippen MR) is 64.5 cm³/mol. The zero-order valence-electron chi connectivity index (χ0n) is 8.27. The number of nitrogens with one attached hydrogen (secondary N) is 1. The van der Waals surface area contributed by atoms with Gasteiger partial charge < -0.3 is 0 Å². The van der Waals surface area contributed by atoms with E-state index in [0.717, 1.165) is 11.5 Å². The monoisotopic (exact) mass is 298 g/mol. The maximum Gasteiger partial charge on any atom is 0.257 e. The number of nitrogens with zero attached hydrogens (tertiary/aromatic N) is 3. The summed E-state index contributed by atoms with van der Waals surface area (Å²) in [6.45, 7) is 1.77. The van der Waals surface area contributed by atoms with Gasteiger partial charge in [-0.25, -0.2) is 9.97 Å². The highest BCUT2D eigenvalue weighted by Gasteiger charge is 2.09. The SMILES string of the molecule is Cc1nsc(NC(=O)c2ccnc(Br)c2)n1. The zero-order chi connectivity index (χ0) is 11.5. The number of hydrogen-bond acceptors (Lipinski definition) is 5. The first-order valence-electron chi connectivity index (χ1n) is 4.38. The van der Waals surface area contributed by atoms with Crippen LogP contribution in [0.3, 0.4) is 0 Å². The number of carbonyl (C=O) groups excluding carboxylic acids is 1. The van der Waals surface area contributed by atoms with Crippen LogP contribution >= 0.6 is 27.5 Å². The lowest BCUT2D eigenvalue weighted by atomic mass is 10.2. The molecule has 1 N–H and O–H groups in total. The minimum Gasteiger partial charge on any atom is -0.297 e. The van der Waals surface area contributed by atoms with Crippen LogP contribution in [0.25, 0.3) is 0 Å². The third-order valence-corrected chi connectivity index (χ3v) is 2.89. The van der Waals surface area contributed by atoms with Gasteiger partial charge in [-0.15, -0.1) is 0 Å². The summed E-state index contributed by atoms with van der Waals surface area (Å²) in [5.41, 5.74) is 0.523. The smallest absolute Gasteiger partial charge is 0.257 e. The van der Waals surface area contributed by atoms with E-state index >= 15 is 0 Å². The maximum atomic E-state index is 11.8. The molecule has 0 saturated carbocycles. The number of pyridine rings is 1. The molecule has 0 saturated heterocycles. The fourth-order valence-corrected chi connectivity index (χ4v) is 2.00. The second kappa shape index (κ2) is 4.67. The number of amides is 1. The van der Waals surface area contributed by atoms with E-state index < -0.39 is 0 Å². The minimum absolute atomic E-state index is 0.223. The number of halogens is 1. The molecule has 0 bridgehead atoms. The topological polar surface area (TPSA) is 67.8 Å². The molecule has 82 valence electrons. The van der Waals surface area contributed by atoms with Crippen molar-refractivity contribution in [2.45, 2.75) is 6.92 Å². The van der Waals surface area contributed by atoms with Crippen LogP contribution in [0.1, 0.15) is 16.2 Å². The summed E-state index contributed by atoms with van der Waals surface area (Å²) in [7, 11) is 0. The Bertz CT molecular complexity index is 528.